The molecule has 0 saturated heterocycles. The van der Waals surface area contributed by atoms with E-state index >= 15 is 0 Å². The second-order valence-electron chi connectivity index (χ2n) is 4.60. The molecule has 1 N–H and O–H groups in total. The number of hydrogen-bond donors (Lipinski definition) is 1. The Morgan fingerprint density at radius 3 is 2.57 bits per heavy atom. The third-order valence-corrected chi connectivity index (χ3v) is 4.03. The summed E-state index contributed by atoms with van der Waals surface area (Å²) in [4.78, 5) is 22.2. The van der Waals surface area contributed by atoms with E-state index in [1.54, 1.807) is 19.1 Å². The molecule has 23 heavy (non-hydrogen) atoms. The van der Waals surface area contributed by atoms with Crippen LogP contribution in [0.1, 0.15) is 15.9 Å². The standard InChI is InChI=1S/C15H12Cl2N2O4/c1-8-11(16)4-6-13(14(8)17)23-9-3-5-12(19(21)22)10(7-9)15(20)18-2/h3-7H,1-2H3,(H,18,20). The van der Waals surface area contributed by atoms with Crippen LogP contribution < -0.4 is 10.1 Å². The van der Waals surface area contributed by atoms with Crippen molar-refractivity contribution in [3.05, 3.63) is 61.6 Å². The lowest BCUT2D eigenvalue weighted by Crippen LogP contribution is -2.19. The number of benzene rings is 2. The first kappa shape index (κ1) is 17.1. The fourth-order valence-corrected chi connectivity index (χ4v) is 2.31. The molecule has 0 atom stereocenters. The number of nitrogens with one attached hydrogen (secondary N) is 1. The van der Waals surface area contributed by atoms with Crippen molar-refractivity contribution in [2.24, 2.45) is 0 Å². The van der Waals surface area contributed by atoms with Crippen LogP contribution >= 0.6 is 23.2 Å². The van der Waals surface area contributed by atoms with Gasteiger partial charge < -0.3 is 10.1 Å². The van der Waals surface area contributed by atoms with Gasteiger partial charge in [-0.1, -0.05) is 23.2 Å². The summed E-state index contributed by atoms with van der Waals surface area (Å²) in [5.41, 5.74) is 0.242. The number of amides is 1. The molecule has 8 heteroatoms. The van der Waals surface area contributed by atoms with Crippen LogP contribution in [0.2, 0.25) is 10.0 Å². The smallest absolute Gasteiger partial charge is 0.282 e. The Morgan fingerprint density at radius 1 is 1.26 bits per heavy atom. The third kappa shape index (κ3) is 3.55. The van der Waals surface area contributed by atoms with Crippen LogP contribution in [0.5, 0.6) is 11.5 Å². The van der Waals surface area contributed by atoms with E-state index in [1.165, 1.54) is 25.2 Å². The number of rotatable bonds is 4. The minimum Gasteiger partial charge on any atom is -0.456 e. The van der Waals surface area contributed by atoms with E-state index < -0.39 is 10.8 Å². The molecule has 0 aliphatic heterocycles. The van der Waals surface area contributed by atoms with Gasteiger partial charge in [0.25, 0.3) is 11.6 Å². The van der Waals surface area contributed by atoms with Gasteiger partial charge in [-0.3, -0.25) is 14.9 Å². The molecule has 2 aromatic rings. The minimum atomic E-state index is -0.631. The van der Waals surface area contributed by atoms with Crippen LogP contribution in [-0.4, -0.2) is 17.9 Å². The maximum atomic E-state index is 11.8. The Bertz CT molecular complexity index is 793. The van der Waals surface area contributed by atoms with Crippen molar-refractivity contribution >= 4 is 34.8 Å². The van der Waals surface area contributed by atoms with Gasteiger partial charge in [0.1, 0.15) is 17.1 Å². The van der Waals surface area contributed by atoms with E-state index in [4.69, 9.17) is 27.9 Å². The molecule has 0 aliphatic carbocycles. The summed E-state index contributed by atoms with van der Waals surface area (Å²) in [7, 11) is 1.39. The summed E-state index contributed by atoms with van der Waals surface area (Å²) in [5, 5.41) is 14.2. The molecule has 0 unspecified atom stereocenters. The van der Waals surface area contributed by atoms with Crippen LogP contribution in [0.3, 0.4) is 0 Å². The first-order chi connectivity index (χ1) is 10.8. The van der Waals surface area contributed by atoms with Crippen molar-refractivity contribution in [2.45, 2.75) is 6.92 Å². The van der Waals surface area contributed by atoms with Crippen LogP contribution in [0.4, 0.5) is 5.69 Å². The molecular formula is C15H12Cl2N2O4. The molecule has 120 valence electrons. The van der Waals surface area contributed by atoms with Crippen molar-refractivity contribution < 1.29 is 14.5 Å². The molecule has 0 radical (unpaired) electrons. The van der Waals surface area contributed by atoms with E-state index in [2.05, 4.69) is 5.32 Å². The lowest BCUT2D eigenvalue weighted by atomic mass is 10.1. The van der Waals surface area contributed by atoms with Crippen molar-refractivity contribution in [2.75, 3.05) is 7.05 Å². The highest BCUT2D eigenvalue weighted by Crippen LogP contribution is 2.36. The average Bonchev–Trinajstić information content (AvgIpc) is 2.54. The Morgan fingerprint density at radius 2 is 1.96 bits per heavy atom. The van der Waals surface area contributed by atoms with Gasteiger partial charge in [0, 0.05) is 24.2 Å². The molecule has 2 aromatic carbocycles. The summed E-state index contributed by atoms with van der Waals surface area (Å²) in [6, 6.07) is 7.10. The molecule has 0 fully saturated rings. The highest BCUT2D eigenvalue weighted by molar-refractivity contribution is 6.36. The number of nitro benzene ring substituents is 1. The highest BCUT2D eigenvalue weighted by Gasteiger charge is 2.20. The number of hydrogen-bond acceptors (Lipinski definition) is 4. The normalized spacial score (nSPS) is 10.3. The lowest BCUT2D eigenvalue weighted by Gasteiger charge is -2.11. The zero-order valence-electron chi connectivity index (χ0n) is 12.2. The Balaban J connectivity index is 2.44. The molecule has 0 aromatic heterocycles. The largest absolute Gasteiger partial charge is 0.456 e. The molecule has 6 nitrogen and oxygen atoms in total. The van der Waals surface area contributed by atoms with Crippen molar-refractivity contribution in [3.63, 3.8) is 0 Å². The summed E-state index contributed by atoms with van der Waals surface area (Å²) < 4.78 is 5.62. The summed E-state index contributed by atoms with van der Waals surface area (Å²) in [6.45, 7) is 1.74. The number of halogens is 2. The van der Waals surface area contributed by atoms with Gasteiger partial charge >= 0.3 is 0 Å². The summed E-state index contributed by atoms with van der Waals surface area (Å²) in [5.74, 6) is 0.00336. The van der Waals surface area contributed by atoms with Gasteiger partial charge in [-0.05, 0) is 30.7 Å². The number of carbonyl (C=O) groups is 1. The van der Waals surface area contributed by atoms with Gasteiger partial charge in [-0.15, -0.1) is 0 Å². The summed E-state index contributed by atoms with van der Waals surface area (Å²) >= 11 is 12.1. The number of nitrogens with zero attached hydrogens (tertiary/aromatic N) is 1. The van der Waals surface area contributed by atoms with Gasteiger partial charge in [0.2, 0.25) is 0 Å². The minimum absolute atomic E-state index is 0.100. The molecule has 0 saturated carbocycles. The second kappa shape index (κ2) is 6.85. The summed E-state index contributed by atoms with van der Waals surface area (Å²) in [6.07, 6.45) is 0. The van der Waals surface area contributed by atoms with Crippen LogP contribution in [0.25, 0.3) is 0 Å². The van der Waals surface area contributed by atoms with Crippen molar-refractivity contribution in [1.82, 2.24) is 5.32 Å². The first-order valence-electron chi connectivity index (χ1n) is 6.48. The van der Waals surface area contributed by atoms with E-state index in [0.717, 1.165) is 0 Å². The first-order valence-corrected chi connectivity index (χ1v) is 7.23. The number of nitro groups is 1. The molecule has 0 aliphatic rings. The monoisotopic (exact) mass is 354 g/mol. The van der Waals surface area contributed by atoms with Gasteiger partial charge in [-0.2, -0.15) is 0 Å². The predicted octanol–water partition coefficient (Wildman–Crippen LogP) is 4.36. The highest BCUT2D eigenvalue weighted by atomic mass is 35.5. The molecule has 0 spiro atoms. The van der Waals surface area contributed by atoms with E-state index in [0.29, 0.717) is 21.4 Å². The number of ether oxygens (including phenoxy) is 1. The van der Waals surface area contributed by atoms with Crippen LogP contribution in [-0.2, 0) is 0 Å². The van der Waals surface area contributed by atoms with Crippen molar-refractivity contribution in [1.29, 1.82) is 0 Å². The van der Waals surface area contributed by atoms with Crippen molar-refractivity contribution in [3.8, 4) is 11.5 Å². The molecule has 2 rings (SSSR count). The Kier molecular flexibility index (Phi) is 5.08. The van der Waals surface area contributed by atoms with E-state index in [-0.39, 0.29) is 17.0 Å². The van der Waals surface area contributed by atoms with Gasteiger partial charge in [0.05, 0.1) is 9.95 Å². The molecule has 0 bridgehead atoms. The van der Waals surface area contributed by atoms with Crippen LogP contribution in [0, 0.1) is 17.0 Å². The zero-order valence-corrected chi connectivity index (χ0v) is 13.7. The van der Waals surface area contributed by atoms with E-state index in [1.807, 2.05) is 0 Å². The molecule has 1 amide bonds. The van der Waals surface area contributed by atoms with E-state index in [9.17, 15) is 14.9 Å². The SMILES string of the molecule is CNC(=O)c1cc(Oc2ccc(Cl)c(C)c2Cl)ccc1[N+](=O)[O-]. The fourth-order valence-electron chi connectivity index (χ4n) is 1.90. The predicted molar refractivity (Wildman–Crippen MR) is 87.8 cm³/mol. The molecule has 0 heterocycles. The average molecular weight is 355 g/mol. The maximum absolute atomic E-state index is 11.8. The van der Waals surface area contributed by atoms with Gasteiger partial charge in [-0.25, -0.2) is 0 Å². The fraction of sp³-hybridized carbons (Fsp3) is 0.133. The lowest BCUT2D eigenvalue weighted by molar-refractivity contribution is -0.385. The Labute approximate surface area is 142 Å². The Hall–Kier alpha value is -2.31. The number of carbonyl (C=O) groups excluding carboxylic acids is 1. The maximum Gasteiger partial charge on any atom is 0.282 e. The quantitative estimate of drug-likeness (QED) is 0.653. The third-order valence-electron chi connectivity index (χ3n) is 3.15. The zero-order chi connectivity index (χ0) is 17.1. The van der Waals surface area contributed by atoms with Gasteiger partial charge in [0.15, 0.2) is 0 Å². The second-order valence-corrected chi connectivity index (χ2v) is 5.39. The molecular weight excluding hydrogens is 343 g/mol. The van der Waals surface area contributed by atoms with Crippen LogP contribution in [0.15, 0.2) is 30.3 Å². The topological polar surface area (TPSA) is 81.5 Å².